The molecule has 0 bridgehead atoms. The summed E-state index contributed by atoms with van der Waals surface area (Å²) >= 11 is 0. The highest BCUT2D eigenvalue weighted by molar-refractivity contribution is 4.92. The summed E-state index contributed by atoms with van der Waals surface area (Å²) in [7, 11) is 0. The maximum absolute atomic E-state index is 10.2. The molecule has 0 spiro atoms. The van der Waals surface area contributed by atoms with Gasteiger partial charge in [-0.25, -0.2) is 0 Å². The average molecular weight is 226 g/mol. The van der Waals surface area contributed by atoms with Gasteiger partial charge in [-0.3, -0.25) is 0 Å². The summed E-state index contributed by atoms with van der Waals surface area (Å²) in [5.41, 5.74) is -0.902. The Kier molecular flexibility index (Phi) is 4.72. The molecule has 0 aromatic rings. The van der Waals surface area contributed by atoms with E-state index in [-0.39, 0.29) is 5.41 Å². The van der Waals surface area contributed by atoms with Crippen LogP contribution < -0.4 is 5.32 Å². The molecular weight excluding hydrogens is 204 g/mol. The van der Waals surface area contributed by atoms with Crippen molar-refractivity contribution in [2.45, 2.75) is 38.7 Å². The van der Waals surface area contributed by atoms with Gasteiger partial charge in [0.15, 0.2) is 0 Å². The molecule has 1 aliphatic heterocycles. The minimum Gasteiger partial charge on any atom is -0.388 e. The SMILES string of the molecule is CC(C)(C#N)CCNCC1(O)CCOCC1. The van der Waals surface area contributed by atoms with E-state index in [4.69, 9.17) is 10.00 Å². The van der Waals surface area contributed by atoms with Gasteiger partial charge in [-0.2, -0.15) is 5.26 Å². The Morgan fingerprint density at radius 1 is 1.44 bits per heavy atom. The van der Waals surface area contributed by atoms with Crippen molar-refractivity contribution < 1.29 is 9.84 Å². The van der Waals surface area contributed by atoms with Crippen molar-refractivity contribution in [3.8, 4) is 6.07 Å². The zero-order valence-corrected chi connectivity index (χ0v) is 10.3. The summed E-state index contributed by atoms with van der Waals surface area (Å²) in [5, 5.41) is 22.2. The van der Waals surface area contributed by atoms with E-state index in [1.54, 1.807) is 0 Å². The minimum absolute atomic E-state index is 0.286. The van der Waals surface area contributed by atoms with Gasteiger partial charge in [-0.1, -0.05) is 0 Å². The number of hydrogen-bond acceptors (Lipinski definition) is 4. The number of nitrogens with one attached hydrogen (secondary N) is 1. The fourth-order valence-electron chi connectivity index (χ4n) is 1.71. The van der Waals surface area contributed by atoms with E-state index in [9.17, 15) is 5.11 Å². The molecule has 1 rings (SSSR count). The Bertz CT molecular complexity index is 252. The van der Waals surface area contributed by atoms with E-state index < -0.39 is 5.60 Å². The van der Waals surface area contributed by atoms with Gasteiger partial charge in [-0.05, 0) is 26.8 Å². The van der Waals surface area contributed by atoms with Crippen molar-refractivity contribution >= 4 is 0 Å². The first-order valence-corrected chi connectivity index (χ1v) is 5.90. The fraction of sp³-hybridized carbons (Fsp3) is 0.917. The van der Waals surface area contributed by atoms with Crippen LogP contribution in [0.2, 0.25) is 0 Å². The Balaban J connectivity index is 2.18. The number of nitrogens with zero attached hydrogens (tertiary/aromatic N) is 1. The lowest BCUT2D eigenvalue weighted by molar-refractivity contribution is -0.0616. The van der Waals surface area contributed by atoms with Gasteiger partial charge < -0.3 is 15.2 Å². The van der Waals surface area contributed by atoms with Gasteiger partial charge in [0, 0.05) is 32.6 Å². The molecule has 0 atom stereocenters. The third-order valence-corrected chi connectivity index (χ3v) is 3.11. The molecule has 0 radical (unpaired) electrons. The lowest BCUT2D eigenvalue weighted by Crippen LogP contribution is -2.45. The molecule has 0 amide bonds. The maximum atomic E-state index is 10.2. The molecule has 0 saturated carbocycles. The Morgan fingerprint density at radius 2 is 2.06 bits per heavy atom. The van der Waals surface area contributed by atoms with Crippen molar-refractivity contribution in [1.29, 1.82) is 5.26 Å². The van der Waals surface area contributed by atoms with Gasteiger partial charge in [0.25, 0.3) is 0 Å². The first kappa shape index (κ1) is 13.4. The second-order valence-corrected chi connectivity index (χ2v) is 5.26. The third kappa shape index (κ3) is 4.48. The van der Waals surface area contributed by atoms with Crippen LogP contribution in [0.4, 0.5) is 0 Å². The molecule has 4 nitrogen and oxygen atoms in total. The molecule has 0 unspecified atom stereocenters. The topological polar surface area (TPSA) is 65.3 Å². The Hall–Kier alpha value is -0.630. The third-order valence-electron chi connectivity index (χ3n) is 3.11. The average Bonchev–Trinajstić information content (AvgIpc) is 2.26. The van der Waals surface area contributed by atoms with Crippen molar-refractivity contribution in [2.24, 2.45) is 5.41 Å². The molecule has 1 heterocycles. The summed E-state index contributed by atoms with van der Waals surface area (Å²) in [6.45, 7) is 6.50. The quantitative estimate of drug-likeness (QED) is 0.688. The van der Waals surface area contributed by atoms with Crippen molar-refractivity contribution in [1.82, 2.24) is 5.32 Å². The van der Waals surface area contributed by atoms with E-state index >= 15 is 0 Å². The molecule has 1 aliphatic rings. The lowest BCUT2D eigenvalue weighted by Gasteiger charge is -2.32. The van der Waals surface area contributed by atoms with Crippen molar-refractivity contribution in [3.63, 3.8) is 0 Å². The van der Waals surface area contributed by atoms with Gasteiger partial charge in [0.1, 0.15) is 0 Å². The molecule has 0 aliphatic carbocycles. The van der Waals surface area contributed by atoms with Gasteiger partial charge in [-0.15, -0.1) is 0 Å². The molecule has 1 fully saturated rings. The molecular formula is C12H22N2O2. The second kappa shape index (κ2) is 5.62. The van der Waals surface area contributed by atoms with Crippen LogP contribution in [0.25, 0.3) is 0 Å². The lowest BCUT2D eigenvalue weighted by atomic mass is 9.91. The van der Waals surface area contributed by atoms with E-state index in [2.05, 4.69) is 11.4 Å². The van der Waals surface area contributed by atoms with Crippen LogP contribution >= 0.6 is 0 Å². The summed E-state index contributed by atoms with van der Waals surface area (Å²) in [6.07, 6.45) is 2.19. The standard InChI is InChI=1S/C12H22N2O2/c1-11(2,9-13)3-6-14-10-12(15)4-7-16-8-5-12/h14-15H,3-8,10H2,1-2H3. The van der Waals surface area contributed by atoms with E-state index in [0.717, 1.165) is 13.0 Å². The van der Waals surface area contributed by atoms with Crippen LogP contribution in [-0.2, 0) is 4.74 Å². The summed E-state index contributed by atoms with van der Waals surface area (Å²) in [4.78, 5) is 0. The summed E-state index contributed by atoms with van der Waals surface area (Å²) in [5.74, 6) is 0. The first-order chi connectivity index (χ1) is 7.47. The van der Waals surface area contributed by atoms with Crippen molar-refractivity contribution in [3.05, 3.63) is 0 Å². The predicted molar refractivity (Wildman–Crippen MR) is 61.9 cm³/mol. The number of ether oxygens (including phenoxy) is 1. The molecule has 0 aromatic heterocycles. The van der Waals surface area contributed by atoms with Crippen LogP contribution in [-0.4, -0.2) is 37.0 Å². The van der Waals surface area contributed by atoms with Gasteiger partial charge in [0.05, 0.1) is 17.1 Å². The predicted octanol–water partition coefficient (Wildman–Crippen LogP) is 1.06. The monoisotopic (exact) mass is 226 g/mol. The van der Waals surface area contributed by atoms with E-state index in [1.807, 2.05) is 13.8 Å². The summed E-state index contributed by atoms with van der Waals surface area (Å²) < 4.78 is 5.21. The largest absolute Gasteiger partial charge is 0.388 e. The Morgan fingerprint density at radius 3 is 2.62 bits per heavy atom. The normalized spacial score (nSPS) is 20.4. The van der Waals surface area contributed by atoms with Crippen LogP contribution in [0.15, 0.2) is 0 Å². The van der Waals surface area contributed by atoms with Crippen LogP contribution in [0.5, 0.6) is 0 Å². The van der Waals surface area contributed by atoms with Crippen LogP contribution in [0, 0.1) is 16.7 Å². The summed E-state index contributed by atoms with van der Waals surface area (Å²) in [6, 6.07) is 2.27. The Labute approximate surface area is 97.6 Å². The number of rotatable bonds is 5. The first-order valence-electron chi connectivity index (χ1n) is 5.90. The van der Waals surface area contributed by atoms with E-state index in [0.29, 0.717) is 32.6 Å². The highest BCUT2D eigenvalue weighted by atomic mass is 16.5. The van der Waals surface area contributed by atoms with Gasteiger partial charge >= 0.3 is 0 Å². The second-order valence-electron chi connectivity index (χ2n) is 5.26. The van der Waals surface area contributed by atoms with Crippen LogP contribution in [0.1, 0.15) is 33.1 Å². The van der Waals surface area contributed by atoms with Crippen LogP contribution in [0.3, 0.4) is 0 Å². The zero-order chi connectivity index (χ0) is 12.1. The smallest absolute Gasteiger partial charge is 0.0815 e. The molecule has 4 heteroatoms. The minimum atomic E-state index is -0.616. The zero-order valence-electron chi connectivity index (χ0n) is 10.3. The molecule has 16 heavy (non-hydrogen) atoms. The van der Waals surface area contributed by atoms with E-state index in [1.165, 1.54) is 0 Å². The highest BCUT2D eigenvalue weighted by Crippen LogP contribution is 2.20. The fourth-order valence-corrected chi connectivity index (χ4v) is 1.71. The van der Waals surface area contributed by atoms with Gasteiger partial charge in [0.2, 0.25) is 0 Å². The number of nitriles is 1. The number of hydrogen-bond donors (Lipinski definition) is 2. The highest BCUT2D eigenvalue weighted by Gasteiger charge is 2.29. The number of aliphatic hydroxyl groups is 1. The molecule has 1 saturated heterocycles. The maximum Gasteiger partial charge on any atom is 0.0815 e. The molecule has 0 aromatic carbocycles. The molecule has 2 N–H and O–H groups in total. The van der Waals surface area contributed by atoms with Crippen molar-refractivity contribution in [2.75, 3.05) is 26.3 Å². The molecule has 92 valence electrons.